The standard InChI is InChI=1S/C18H34O6/c1-5-9-13-21-15(17(19)23-11-7-3)16(22-14-10-6-2)18(20)24-12-8-4/h15-16H,5-14H2,1-4H3. The van der Waals surface area contributed by atoms with Gasteiger partial charge in [0.25, 0.3) is 0 Å². The first-order chi connectivity index (χ1) is 11.6. The summed E-state index contributed by atoms with van der Waals surface area (Å²) >= 11 is 0. The van der Waals surface area contributed by atoms with Gasteiger partial charge in [-0.05, 0) is 25.7 Å². The summed E-state index contributed by atoms with van der Waals surface area (Å²) in [4.78, 5) is 24.6. The van der Waals surface area contributed by atoms with Gasteiger partial charge in [0.1, 0.15) is 0 Å². The third kappa shape index (κ3) is 9.88. The molecule has 0 aromatic carbocycles. The maximum absolute atomic E-state index is 12.3. The van der Waals surface area contributed by atoms with Crippen molar-refractivity contribution in [3.8, 4) is 0 Å². The molecule has 0 aromatic rings. The van der Waals surface area contributed by atoms with Gasteiger partial charge in [0.2, 0.25) is 0 Å². The second-order valence-corrected chi connectivity index (χ2v) is 5.62. The molecule has 0 saturated carbocycles. The summed E-state index contributed by atoms with van der Waals surface area (Å²) in [7, 11) is 0. The number of hydrogen-bond acceptors (Lipinski definition) is 6. The molecule has 142 valence electrons. The van der Waals surface area contributed by atoms with Gasteiger partial charge in [-0.25, -0.2) is 9.59 Å². The van der Waals surface area contributed by atoms with E-state index < -0.39 is 24.1 Å². The monoisotopic (exact) mass is 346 g/mol. The van der Waals surface area contributed by atoms with Crippen molar-refractivity contribution in [3.05, 3.63) is 0 Å². The van der Waals surface area contributed by atoms with E-state index in [9.17, 15) is 9.59 Å². The summed E-state index contributed by atoms with van der Waals surface area (Å²) in [5, 5.41) is 0. The number of hydrogen-bond donors (Lipinski definition) is 0. The van der Waals surface area contributed by atoms with Gasteiger partial charge in [-0.1, -0.05) is 40.5 Å². The average Bonchev–Trinajstić information content (AvgIpc) is 2.59. The van der Waals surface area contributed by atoms with Crippen LogP contribution in [0.15, 0.2) is 0 Å². The summed E-state index contributed by atoms with van der Waals surface area (Å²) in [6.45, 7) is 9.19. The van der Waals surface area contributed by atoms with Crippen LogP contribution in [0.25, 0.3) is 0 Å². The molecule has 0 aliphatic heterocycles. The van der Waals surface area contributed by atoms with E-state index in [4.69, 9.17) is 18.9 Å². The second kappa shape index (κ2) is 15.4. The zero-order valence-corrected chi connectivity index (χ0v) is 15.7. The lowest BCUT2D eigenvalue weighted by molar-refractivity contribution is -0.183. The van der Waals surface area contributed by atoms with E-state index in [1.165, 1.54) is 0 Å². The smallest absolute Gasteiger partial charge is 0.338 e. The Balaban J connectivity index is 5.02. The molecule has 0 saturated heterocycles. The second-order valence-electron chi connectivity index (χ2n) is 5.62. The van der Waals surface area contributed by atoms with Crippen molar-refractivity contribution in [2.75, 3.05) is 26.4 Å². The number of unbranched alkanes of at least 4 members (excludes halogenated alkanes) is 2. The van der Waals surface area contributed by atoms with E-state index >= 15 is 0 Å². The zero-order chi connectivity index (χ0) is 18.2. The summed E-state index contributed by atoms with van der Waals surface area (Å²) in [5.41, 5.74) is 0. The predicted octanol–water partition coefficient (Wildman–Crippen LogP) is 3.26. The Labute approximate surface area is 146 Å². The van der Waals surface area contributed by atoms with E-state index in [1.54, 1.807) is 0 Å². The Morgan fingerprint density at radius 1 is 0.625 bits per heavy atom. The lowest BCUT2D eigenvalue weighted by Crippen LogP contribution is -2.46. The van der Waals surface area contributed by atoms with Crippen LogP contribution in [0.1, 0.15) is 66.2 Å². The summed E-state index contributed by atoms with van der Waals surface area (Å²) < 4.78 is 21.6. The molecule has 0 N–H and O–H groups in total. The summed E-state index contributed by atoms with van der Waals surface area (Å²) in [6, 6.07) is 0. The number of carbonyl (C=O) groups excluding carboxylic acids is 2. The normalized spacial score (nSPS) is 13.3. The maximum Gasteiger partial charge on any atom is 0.338 e. The van der Waals surface area contributed by atoms with Gasteiger partial charge >= 0.3 is 11.9 Å². The molecule has 0 bridgehead atoms. The van der Waals surface area contributed by atoms with Crippen LogP contribution < -0.4 is 0 Å². The minimum Gasteiger partial charge on any atom is -0.464 e. The van der Waals surface area contributed by atoms with Crippen LogP contribution >= 0.6 is 0 Å². The highest BCUT2D eigenvalue weighted by atomic mass is 16.6. The molecule has 6 heteroatoms. The molecule has 0 aliphatic carbocycles. The van der Waals surface area contributed by atoms with Crippen molar-refractivity contribution >= 4 is 11.9 Å². The van der Waals surface area contributed by atoms with E-state index in [1.807, 2.05) is 27.7 Å². The van der Waals surface area contributed by atoms with Crippen molar-refractivity contribution in [2.45, 2.75) is 78.4 Å². The van der Waals surface area contributed by atoms with Gasteiger partial charge in [0.15, 0.2) is 12.2 Å². The first-order valence-corrected chi connectivity index (χ1v) is 9.18. The van der Waals surface area contributed by atoms with E-state index in [2.05, 4.69) is 0 Å². The molecule has 0 amide bonds. The van der Waals surface area contributed by atoms with Crippen LogP contribution in [0.2, 0.25) is 0 Å². The van der Waals surface area contributed by atoms with Gasteiger partial charge in [-0.2, -0.15) is 0 Å². The lowest BCUT2D eigenvalue weighted by Gasteiger charge is -2.24. The van der Waals surface area contributed by atoms with Crippen LogP contribution in [0.3, 0.4) is 0 Å². The highest BCUT2D eigenvalue weighted by molar-refractivity contribution is 5.85. The Bertz CT molecular complexity index is 299. The topological polar surface area (TPSA) is 71.1 Å². The molecule has 24 heavy (non-hydrogen) atoms. The van der Waals surface area contributed by atoms with Crippen LogP contribution in [0.5, 0.6) is 0 Å². The Morgan fingerprint density at radius 2 is 1.00 bits per heavy atom. The molecule has 0 rings (SSSR count). The predicted molar refractivity (Wildman–Crippen MR) is 91.8 cm³/mol. The molecule has 0 aromatic heterocycles. The molecule has 0 fully saturated rings. The highest BCUT2D eigenvalue weighted by Crippen LogP contribution is 2.12. The molecule has 6 nitrogen and oxygen atoms in total. The number of carbonyl (C=O) groups is 2. The van der Waals surface area contributed by atoms with E-state index in [0.29, 0.717) is 26.1 Å². The van der Waals surface area contributed by atoms with Crippen molar-refractivity contribution in [3.63, 3.8) is 0 Å². The van der Waals surface area contributed by atoms with Crippen molar-refractivity contribution in [1.29, 1.82) is 0 Å². The average molecular weight is 346 g/mol. The first-order valence-electron chi connectivity index (χ1n) is 9.18. The van der Waals surface area contributed by atoms with Crippen molar-refractivity contribution in [2.24, 2.45) is 0 Å². The molecule has 0 heterocycles. The third-order valence-corrected chi connectivity index (χ3v) is 3.23. The van der Waals surface area contributed by atoms with Gasteiger partial charge in [0.05, 0.1) is 13.2 Å². The van der Waals surface area contributed by atoms with Crippen LogP contribution in [0, 0.1) is 0 Å². The first kappa shape index (κ1) is 22.9. The molecule has 0 spiro atoms. The fourth-order valence-electron chi connectivity index (χ4n) is 1.84. The number of ether oxygens (including phenoxy) is 4. The van der Waals surface area contributed by atoms with Crippen LogP contribution in [0.4, 0.5) is 0 Å². The van der Waals surface area contributed by atoms with Crippen LogP contribution in [-0.4, -0.2) is 50.6 Å². The van der Waals surface area contributed by atoms with E-state index in [-0.39, 0.29) is 13.2 Å². The summed E-state index contributed by atoms with van der Waals surface area (Å²) in [5.74, 6) is -1.13. The Hall–Kier alpha value is -1.14. The lowest BCUT2D eigenvalue weighted by atomic mass is 10.2. The minimum atomic E-state index is -1.08. The molecular formula is C18H34O6. The van der Waals surface area contributed by atoms with Gasteiger partial charge in [-0.3, -0.25) is 0 Å². The highest BCUT2D eigenvalue weighted by Gasteiger charge is 2.38. The van der Waals surface area contributed by atoms with Gasteiger partial charge in [-0.15, -0.1) is 0 Å². The van der Waals surface area contributed by atoms with Crippen LogP contribution in [-0.2, 0) is 28.5 Å². The Morgan fingerprint density at radius 3 is 1.29 bits per heavy atom. The molecule has 0 aliphatic rings. The number of rotatable bonds is 15. The molecule has 2 atom stereocenters. The maximum atomic E-state index is 12.3. The SMILES string of the molecule is CCCCOC(C(=O)OCCC)C(OCCCC)C(=O)OCCC. The Kier molecular flexibility index (Phi) is 14.7. The molecule has 0 radical (unpaired) electrons. The number of esters is 2. The molecular weight excluding hydrogens is 312 g/mol. The third-order valence-electron chi connectivity index (χ3n) is 3.23. The fraction of sp³-hybridized carbons (Fsp3) is 0.889. The summed E-state index contributed by atoms with van der Waals surface area (Å²) in [6.07, 6.45) is 2.70. The zero-order valence-electron chi connectivity index (χ0n) is 15.7. The fourth-order valence-corrected chi connectivity index (χ4v) is 1.84. The molecule has 2 unspecified atom stereocenters. The quantitative estimate of drug-likeness (QED) is 0.335. The minimum absolute atomic E-state index is 0.290. The van der Waals surface area contributed by atoms with E-state index in [0.717, 1.165) is 25.7 Å². The largest absolute Gasteiger partial charge is 0.464 e. The van der Waals surface area contributed by atoms with Gasteiger partial charge < -0.3 is 18.9 Å². The van der Waals surface area contributed by atoms with Gasteiger partial charge in [0, 0.05) is 13.2 Å². The van der Waals surface area contributed by atoms with Crippen molar-refractivity contribution < 1.29 is 28.5 Å². The van der Waals surface area contributed by atoms with Crippen molar-refractivity contribution in [1.82, 2.24) is 0 Å².